The molecule has 4 heteroatoms. The fourth-order valence-corrected chi connectivity index (χ4v) is 3.14. The maximum Gasteiger partial charge on any atom is 0.239 e. The number of piperidine rings is 2. The molecule has 0 saturated carbocycles. The highest BCUT2D eigenvalue weighted by Gasteiger charge is 2.28. The van der Waals surface area contributed by atoms with Crippen LogP contribution in [0.4, 0.5) is 0 Å². The maximum atomic E-state index is 12.3. The van der Waals surface area contributed by atoms with E-state index in [1.54, 1.807) is 0 Å². The molecule has 2 aliphatic rings. The van der Waals surface area contributed by atoms with E-state index in [-0.39, 0.29) is 6.04 Å². The monoisotopic (exact) mass is 253 g/mol. The summed E-state index contributed by atoms with van der Waals surface area (Å²) >= 11 is 0. The second kappa shape index (κ2) is 6.53. The largest absolute Gasteiger partial charge is 0.341 e. The van der Waals surface area contributed by atoms with Crippen molar-refractivity contribution in [3.63, 3.8) is 0 Å². The normalized spacial score (nSPS) is 26.6. The van der Waals surface area contributed by atoms with Crippen molar-refractivity contribution in [3.8, 4) is 0 Å². The minimum atomic E-state index is 0.101. The Balaban J connectivity index is 1.76. The van der Waals surface area contributed by atoms with E-state index in [9.17, 15) is 4.79 Å². The third-order valence-electron chi connectivity index (χ3n) is 4.16. The summed E-state index contributed by atoms with van der Waals surface area (Å²) in [6.45, 7) is 4.07. The minimum absolute atomic E-state index is 0.101. The van der Waals surface area contributed by atoms with Crippen molar-refractivity contribution in [2.75, 3.05) is 40.3 Å². The lowest BCUT2D eigenvalue weighted by atomic mass is 9.95. The quantitative estimate of drug-likeness (QED) is 0.813. The van der Waals surface area contributed by atoms with Gasteiger partial charge in [-0.25, -0.2) is 0 Å². The van der Waals surface area contributed by atoms with Crippen molar-refractivity contribution in [2.45, 2.75) is 38.1 Å². The van der Waals surface area contributed by atoms with Gasteiger partial charge in [-0.15, -0.1) is 0 Å². The molecule has 0 aliphatic carbocycles. The number of nitrogens with one attached hydrogen (secondary N) is 1. The lowest BCUT2D eigenvalue weighted by Crippen LogP contribution is -2.51. The van der Waals surface area contributed by atoms with Crippen molar-refractivity contribution in [2.24, 2.45) is 5.92 Å². The summed E-state index contributed by atoms with van der Waals surface area (Å²) in [4.78, 5) is 16.7. The van der Waals surface area contributed by atoms with Gasteiger partial charge in [-0.2, -0.15) is 0 Å². The highest BCUT2D eigenvalue weighted by Crippen LogP contribution is 2.19. The summed E-state index contributed by atoms with van der Waals surface area (Å²) in [5, 5.41) is 3.36. The highest BCUT2D eigenvalue weighted by atomic mass is 16.2. The van der Waals surface area contributed by atoms with Gasteiger partial charge in [0.05, 0.1) is 6.04 Å². The van der Waals surface area contributed by atoms with Gasteiger partial charge < -0.3 is 15.1 Å². The number of amides is 1. The van der Waals surface area contributed by atoms with E-state index in [1.165, 1.54) is 12.8 Å². The molecule has 1 atom stereocenters. The summed E-state index contributed by atoms with van der Waals surface area (Å²) in [6.07, 6.45) is 5.76. The topological polar surface area (TPSA) is 35.6 Å². The third-order valence-corrected chi connectivity index (χ3v) is 4.16. The van der Waals surface area contributed by atoms with E-state index in [1.807, 2.05) is 0 Å². The van der Waals surface area contributed by atoms with Gasteiger partial charge in [-0.05, 0) is 52.2 Å². The number of hydrogen-bond acceptors (Lipinski definition) is 3. The van der Waals surface area contributed by atoms with Crippen molar-refractivity contribution < 1.29 is 4.79 Å². The van der Waals surface area contributed by atoms with Crippen LogP contribution in [0.25, 0.3) is 0 Å². The van der Waals surface area contributed by atoms with E-state index in [2.05, 4.69) is 29.2 Å². The molecule has 104 valence electrons. The number of nitrogens with zero attached hydrogens (tertiary/aromatic N) is 2. The molecule has 0 aromatic rings. The Bertz CT molecular complexity index is 266. The number of hydrogen-bond donors (Lipinski definition) is 1. The van der Waals surface area contributed by atoms with Gasteiger partial charge in [-0.3, -0.25) is 4.79 Å². The first-order chi connectivity index (χ1) is 8.66. The van der Waals surface area contributed by atoms with E-state index in [0.717, 1.165) is 51.4 Å². The van der Waals surface area contributed by atoms with Gasteiger partial charge >= 0.3 is 0 Å². The second-order valence-electron chi connectivity index (χ2n) is 6.03. The molecule has 4 nitrogen and oxygen atoms in total. The van der Waals surface area contributed by atoms with Crippen LogP contribution in [-0.2, 0) is 4.79 Å². The highest BCUT2D eigenvalue weighted by molar-refractivity contribution is 5.82. The van der Waals surface area contributed by atoms with E-state index in [4.69, 9.17) is 0 Å². The summed E-state index contributed by atoms with van der Waals surface area (Å²) in [7, 11) is 4.26. The fraction of sp³-hybridized carbons (Fsp3) is 0.929. The molecule has 2 saturated heterocycles. The van der Waals surface area contributed by atoms with Crippen LogP contribution < -0.4 is 5.32 Å². The number of carbonyl (C=O) groups is 1. The van der Waals surface area contributed by atoms with Crippen LogP contribution in [0.15, 0.2) is 0 Å². The van der Waals surface area contributed by atoms with Crippen molar-refractivity contribution >= 4 is 5.91 Å². The average Bonchev–Trinajstić information content (AvgIpc) is 2.39. The van der Waals surface area contributed by atoms with Crippen LogP contribution in [0.5, 0.6) is 0 Å². The summed E-state index contributed by atoms with van der Waals surface area (Å²) in [6, 6.07) is 0.101. The van der Waals surface area contributed by atoms with Crippen LogP contribution in [0.3, 0.4) is 0 Å². The van der Waals surface area contributed by atoms with Gasteiger partial charge in [0.25, 0.3) is 0 Å². The number of carbonyl (C=O) groups excluding carboxylic acids is 1. The molecule has 18 heavy (non-hydrogen) atoms. The van der Waals surface area contributed by atoms with Gasteiger partial charge in [0.15, 0.2) is 0 Å². The Labute approximate surface area is 111 Å². The number of likely N-dealkylation sites (tertiary alicyclic amines) is 1. The molecule has 0 radical (unpaired) electrons. The molecule has 2 rings (SSSR count). The zero-order valence-electron chi connectivity index (χ0n) is 11.8. The van der Waals surface area contributed by atoms with E-state index >= 15 is 0 Å². The van der Waals surface area contributed by atoms with Gasteiger partial charge in [0, 0.05) is 19.6 Å². The predicted octanol–water partition coefficient (Wildman–Crippen LogP) is 0.929. The molecular weight excluding hydrogens is 226 g/mol. The Morgan fingerprint density at radius 2 is 1.94 bits per heavy atom. The third kappa shape index (κ3) is 3.69. The molecule has 0 unspecified atom stereocenters. The minimum Gasteiger partial charge on any atom is -0.341 e. The first-order valence-corrected chi connectivity index (χ1v) is 7.33. The van der Waals surface area contributed by atoms with Crippen LogP contribution in [-0.4, -0.2) is 62.0 Å². The molecule has 1 N–H and O–H groups in total. The Kier molecular flexibility index (Phi) is 5.01. The van der Waals surface area contributed by atoms with Crippen LogP contribution in [0, 0.1) is 5.92 Å². The van der Waals surface area contributed by atoms with Gasteiger partial charge in [0.2, 0.25) is 5.91 Å². The standard InChI is InChI=1S/C14H27N3O/c1-16(2)11-12-6-9-17(10-7-12)14(18)13-5-3-4-8-15-13/h12-13,15H,3-11H2,1-2H3/t13-/m1/s1. The van der Waals surface area contributed by atoms with Gasteiger partial charge in [-0.1, -0.05) is 6.42 Å². The molecule has 0 bridgehead atoms. The molecule has 0 spiro atoms. The Morgan fingerprint density at radius 3 is 2.50 bits per heavy atom. The number of rotatable bonds is 3. The van der Waals surface area contributed by atoms with E-state index in [0.29, 0.717) is 5.91 Å². The lowest BCUT2D eigenvalue weighted by molar-refractivity contribution is -0.135. The summed E-state index contributed by atoms with van der Waals surface area (Å²) < 4.78 is 0. The zero-order valence-corrected chi connectivity index (χ0v) is 11.8. The summed E-state index contributed by atoms with van der Waals surface area (Å²) in [5.74, 6) is 1.11. The molecule has 2 aliphatic heterocycles. The van der Waals surface area contributed by atoms with Crippen LogP contribution >= 0.6 is 0 Å². The Hall–Kier alpha value is -0.610. The fourth-order valence-electron chi connectivity index (χ4n) is 3.14. The average molecular weight is 253 g/mol. The molecule has 2 heterocycles. The molecule has 1 amide bonds. The smallest absolute Gasteiger partial charge is 0.239 e. The molecule has 0 aromatic carbocycles. The lowest BCUT2D eigenvalue weighted by Gasteiger charge is -2.36. The first-order valence-electron chi connectivity index (χ1n) is 7.33. The van der Waals surface area contributed by atoms with Crippen molar-refractivity contribution in [3.05, 3.63) is 0 Å². The van der Waals surface area contributed by atoms with Crippen molar-refractivity contribution in [1.29, 1.82) is 0 Å². The maximum absolute atomic E-state index is 12.3. The molecule has 0 aromatic heterocycles. The molecule has 2 fully saturated rings. The van der Waals surface area contributed by atoms with Crippen LogP contribution in [0.2, 0.25) is 0 Å². The zero-order chi connectivity index (χ0) is 13.0. The SMILES string of the molecule is CN(C)CC1CCN(C(=O)[C@H]2CCCCN2)CC1. The Morgan fingerprint density at radius 1 is 1.22 bits per heavy atom. The van der Waals surface area contributed by atoms with Crippen molar-refractivity contribution in [1.82, 2.24) is 15.1 Å². The summed E-state index contributed by atoms with van der Waals surface area (Å²) in [5.41, 5.74) is 0. The first kappa shape index (κ1) is 13.8. The van der Waals surface area contributed by atoms with Crippen LogP contribution in [0.1, 0.15) is 32.1 Å². The second-order valence-corrected chi connectivity index (χ2v) is 6.03. The molecular formula is C14H27N3O. The predicted molar refractivity (Wildman–Crippen MR) is 73.5 cm³/mol. The van der Waals surface area contributed by atoms with Gasteiger partial charge in [0.1, 0.15) is 0 Å². The van der Waals surface area contributed by atoms with E-state index < -0.39 is 0 Å².